The highest BCUT2D eigenvalue weighted by Gasteiger charge is 2.60. The minimum Gasteiger partial charge on any atom is -0.259 e. The topological polar surface area (TPSA) is 12.4 Å². The fraction of sp³-hybridized carbons (Fsp3) is 0.700. The van der Waals surface area contributed by atoms with E-state index in [0.29, 0.717) is 0 Å². The quantitative estimate of drug-likeness (QED) is 0.710. The second-order valence-corrected chi connectivity index (χ2v) is 5.00. The Hall–Kier alpha value is -0.590. The van der Waals surface area contributed by atoms with E-state index in [0.717, 1.165) is 6.08 Å². The summed E-state index contributed by atoms with van der Waals surface area (Å²) in [4.78, 5) is 3.27. The summed E-state index contributed by atoms with van der Waals surface area (Å²) in [5.41, 5.74) is -1.20. The van der Waals surface area contributed by atoms with Crippen molar-refractivity contribution in [2.75, 3.05) is 6.26 Å². The first-order valence-corrected chi connectivity index (χ1v) is 6.21. The third-order valence-electron chi connectivity index (χ3n) is 2.64. The highest BCUT2D eigenvalue weighted by molar-refractivity contribution is 7.99. The van der Waals surface area contributed by atoms with Crippen molar-refractivity contribution < 1.29 is 22.0 Å². The summed E-state index contributed by atoms with van der Waals surface area (Å²) in [6, 6.07) is 0. The van der Waals surface area contributed by atoms with Gasteiger partial charge in [-0.1, -0.05) is 13.0 Å². The molecule has 1 aliphatic heterocycles. The van der Waals surface area contributed by atoms with Crippen LogP contribution in [0.15, 0.2) is 16.8 Å². The highest BCUT2D eigenvalue weighted by atomic mass is 32.2. The molecule has 7 heteroatoms. The molecule has 0 spiro atoms. The Morgan fingerprint density at radius 2 is 1.94 bits per heavy atom. The lowest BCUT2D eigenvalue weighted by molar-refractivity contribution is -0.264. The summed E-state index contributed by atoms with van der Waals surface area (Å²) in [5, 5.41) is 0.135. The summed E-state index contributed by atoms with van der Waals surface area (Å²) in [7, 11) is 0. The average molecular weight is 273 g/mol. The van der Waals surface area contributed by atoms with Crippen LogP contribution in [0.3, 0.4) is 0 Å². The summed E-state index contributed by atoms with van der Waals surface area (Å²) in [6.45, 7) is 1.88. The monoisotopic (exact) mass is 273 g/mol. The number of alkyl halides is 5. The molecule has 0 saturated heterocycles. The fourth-order valence-electron chi connectivity index (χ4n) is 1.38. The van der Waals surface area contributed by atoms with Gasteiger partial charge in [-0.25, -0.2) is 0 Å². The van der Waals surface area contributed by atoms with Gasteiger partial charge >= 0.3 is 12.1 Å². The Bertz CT molecular complexity index is 334. The van der Waals surface area contributed by atoms with Crippen LogP contribution in [-0.2, 0) is 0 Å². The molecule has 0 aliphatic carbocycles. The number of nitrogens with zero attached hydrogens (tertiary/aromatic N) is 1. The van der Waals surface area contributed by atoms with Gasteiger partial charge in [0.2, 0.25) is 0 Å². The number of halogens is 5. The summed E-state index contributed by atoms with van der Waals surface area (Å²) in [6.07, 6.45) is -1.51. The average Bonchev–Trinajstić information content (AvgIpc) is 2.26. The molecule has 17 heavy (non-hydrogen) atoms. The lowest BCUT2D eigenvalue weighted by Crippen LogP contribution is -2.38. The van der Waals surface area contributed by atoms with Gasteiger partial charge in [0.25, 0.3) is 0 Å². The van der Waals surface area contributed by atoms with E-state index in [-0.39, 0.29) is 17.6 Å². The number of thioether (sulfide) groups is 1. The van der Waals surface area contributed by atoms with Gasteiger partial charge in [0.05, 0.1) is 0 Å². The molecule has 0 aromatic rings. The molecule has 2 atom stereocenters. The lowest BCUT2D eigenvalue weighted by Gasteiger charge is -2.25. The molecule has 0 saturated carbocycles. The Labute approximate surface area is 100 Å². The number of hydrogen-bond acceptors (Lipinski definition) is 2. The third kappa shape index (κ3) is 3.00. The van der Waals surface area contributed by atoms with Gasteiger partial charge in [0, 0.05) is 17.4 Å². The predicted octanol–water partition coefficient (Wildman–Crippen LogP) is 3.91. The molecule has 0 amide bonds. The van der Waals surface area contributed by atoms with Crippen LogP contribution in [0, 0.1) is 5.92 Å². The van der Waals surface area contributed by atoms with E-state index in [9.17, 15) is 22.0 Å². The molecule has 1 heterocycles. The van der Waals surface area contributed by atoms with Crippen LogP contribution in [0.25, 0.3) is 0 Å². The predicted molar refractivity (Wildman–Crippen MR) is 58.7 cm³/mol. The zero-order valence-electron chi connectivity index (χ0n) is 9.26. The molecule has 0 aromatic carbocycles. The number of rotatable bonds is 3. The number of allylic oxidation sites excluding steroid dienone is 2. The highest BCUT2D eigenvalue weighted by Crippen LogP contribution is 2.42. The first-order chi connectivity index (χ1) is 7.70. The fourth-order valence-corrected chi connectivity index (χ4v) is 1.91. The Morgan fingerprint density at radius 1 is 1.35 bits per heavy atom. The van der Waals surface area contributed by atoms with Crippen LogP contribution in [0.2, 0.25) is 0 Å². The van der Waals surface area contributed by atoms with Crippen molar-refractivity contribution in [2.45, 2.75) is 30.7 Å². The van der Waals surface area contributed by atoms with E-state index in [1.165, 1.54) is 18.0 Å². The largest absolute Gasteiger partial charge is 0.459 e. The maximum Gasteiger partial charge on any atom is 0.459 e. The van der Waals surface area contributed by atoms with Crippen LogP contribution >= 0.6 is 11.8 Å². The van der Waals surface area contributed by atoms with E-state index in [2.05, 4.69) is 4.99 Å². The van der Waals surface area contributed by atoms with Gasteiger partial charge in [0.15, 0.2) is 0 Å². The van der Waals surface area contributed by atoms with Crippen molar-refractivity contribution in [3.05, 3.63) is 11.8 Å². The van der Waals surface area contributed by atoms with Crippen molar-refractivity contribution >= 4 is 18.0 Å². The van der Waals surface area contributed by atoms with Gasteiger partial charge in [-0.2, -0.15) is 33.7 Å². The minimum absolute atomic E-state index is 0.0993. The second kappa shape index (κ2) is 4.96. The maximum absolute atomic E-state index is 12.9. The van der Waals surface area contributed by atoms with Crippen LogP contribution in [-0.4, -0.2) is 29.8 Å². The normalized spacial score (nSPS) is 23.5. The Morgan fingerprint density at radius 3 is 2.29 bits per heavy atom. The summed E-state index contributed by atoms with van der Waals surface area (Å²) >= 11 is 1.52. The number of hydrogen-bond donors (Lipinski definition) is 0. The molecule has 2 unspecified atom stereocenters. The Kier molecular flexibility index (Phi) is 4.22. The van der Waals surface area contributed by atoms with E-state index in [1.54, 1.807) is 0 Å². The van der Waals surface area contributed by atoms with Crippen LogP contribution in [0.4, 0.5) is 22.0 Å². The summed E-state index contributed by atoms with van der Waals surface area (Å²) < 4.78 is 62.0. The number of aliphatic imine (C=N–C) groups is 1. The van der Waals surface area contributed by atoms with Gasteiger partial charge < -0.3 is 0 Å². The molecule has 1 rings (SSSR count). The van der Waals surface area contributed by atoms with Crippen LogP contribution in [0.1, 0.15) is 13.3 Å². The van der Waals surface area contributed by atoms with E-state index >= 15 is 0 Å². The lowest BCUT2D eigenvalue weighted by atomic mass is 9.99. The van der Waals surface area contributed by atoms with Crippen LogP contribution in [0.5, 0.6) is 0 Å². The van der Waals surface area contributed by atoms with E-state index < -0.39 is 17.8 Å². The zero-order valence-corrected chi connectivity index (χ0v) is 10.1. The molecule has 0 radical (unpaired) electrons. The maximum atomic E-state index is 12.9. The van der Waals surface area contributed by atoms with Gasteiger partial charge in [-0.3, -0.25) is 4.99 Å². The van der Waals surface area contributed by atoms with Crippen molar-refractivity contribution in [3.63, 3.8) is 0 Å². The molecule has 0 aromatic heterocycles. The van der Waals surface area contributed by atoms with Crippen molar-refractivity contribution in [2.24, 2.45) is 10.9 Å². The Balaban J connectivity index is 2.80. The molecule has 1 nitrogen and oxygen atoms in total. The van der Waals surface area contributed by atoms with E-state index in [1.807, 2.05) is 13.2 Å². The SMILES string of the molecule is CSC(C)C1C=NC(C(F)(F)C(F)(F)F)=CC1. The van der Waals surface area contributed by atoms with Crippen molar-refractivity contribution in [1.29, 1.82) is 0 Å². The smallest absolute Gasteiger partial charge is 0.259 e. The molecule has 0 fully saturated rings. The minimum atomic E-state index is -5.59. The van der Waals surface area contributed by atoms with Gasteiger partial charge in [-0.15, -0.1) is 0 Å². The first kappa shape index (κ1) is 14.5. The van der Waals surface area contributed by atoms with Crippen molar-refractivity contribution in [1.82, 2.24) is 0 Å². The molecule has 0 bridgehead atoms. The van der Waals surface area contributed by atoms with Gasteiger partial charge in [-0.05, 0) is 12.7 Å². The molecule has 98 valence electrons. The molecule has 0 N–H and O–H groups in total. The molecular weight excluding hydrogens is 261 g/mol. The standard InChI is InChI=1S/C10H12F5NS/c1-6(17-2)7-3-4-8(16-5-7)9(11,12)10(13,14)15/h4-7H,3H2,1-2H3. The molecule has 1 aliphatic rings. The molecular formula is C10H12F5NS. The second-order valence-electron chi connectivity index (χ2n) is 3.78. The van der Waals surface area contributed by atoms with Gasteiger partial charge in [0.1, 0.15) is 5.70 Å². The first-order valence-electron chi connectivity index (χ1n) is 4.92. The van der Waals surface area contributed by atoms with E-state index in [4.69, 9.17) is 0 Å². The zero-order chi connectivity index (χ0) is 13.3. The van der Waals surface area contributed by atoms with Crippen molar-refractivity contribution in [3.8, 4) is 0 Å². The summed E-state index contributed by atoms with van der Waals surface area (Å²) in [5.74, 6) is -4.96. The van der Waals surface area contributed by atoms with Crippen LogP contribution < -0.4 is 0 Å². The third-order valence-corrected chi connectivity index (χ3v) is 3.73.